The first-order valence-corrected chi connectivity index (χ1v) is 5.92. The van der Waals surface area contributed by atoms with Gasteiger partial charge in [0.05, 0.1) is 0 Å². The Labute approximate surface area is 90.9 Å². The zero-order chi connectivity index (χ0) is 10.3. The molecule has 0 spiro atoms. The molecule has 15 heavy (non-hydrogen) atoms. The Morgan fingerprint density at radius 1 is 1.00 bits per heavy atom. The van der Waals surface area contributed by atoms with Gasteiger partial charge in [-0.3, -0.25) is 0 Å². The van der Waals surface area contributed by atoms with Crippen molar-refractivity contribution >= 4 is 10.8 Å². The van der Waals surface area contributed by atoms with E-state index in [1.54, 1.807) is 16.5 Å². The normalized spacial score (nSPS) is 13.7. The summed E-state index contributed by atoms with van der Waals surface area (Å²) < 4.78 is 0. The van der Waals surface area contributed by atoms with Crippen LogP contribution in [0.25, 0.3) is 10.8 Å². The third-order valence-corrected chi connectivity index (χ3v) is 3.49. The predicted molar refractivity (Wildman–Crippen MR) is 65.4 cm³/mol. The molecule has 0 radical (unpaired) electrons. The molecule has 3 rings (SSSR count). The first kappa shape index (κ1) is 8.96. The Morgan fingerprint density at radius 3 is 2.60 bits per heavy atom. The summed E-state index contributed by atoms with van der Waals surface area (Å²) in [4.78, 5) is 0. The van der Waals surface area contributed by atoms with E-state index in [4.69, 9.17) is 0 Å². The molecule has 76 valence electrons. The highest BCUT2D eigenvalue weighted by molar-refractivity contribution is 5.93. The Bertz CT molecular complexity index is 498. The standard InChI is InChI=1S/C15H16/c1-2-4-11-7-8-13-10-9-12-5-3-6-14(11)15(12)13/h3,5-8H,2,4,9-10H2,1H3. The zero-order valence-corrected chi connectivity index (χ0v) is 9.22. The highest BCUT2D eigenvalue weighted by Crippen LogP contribution is 2.32. The third-order valence-electron chi connectivity index (χ3n) is 3.49. The second-order valence-electron chi connectivity index (χ2n) is 4.47. The summed E-state index contributed by atoms with van der Waals surface area (Å²) in [5, 5.41) is 3.06. The molecule has 0 N–H and O–H groups in total. The fourth-order valence-electron chi connectivity index (χ4n) is 2.79. The first-order valence-electron chi connectivity index (χ1n) is 5.92. The number of aryl methyl sites for hydroxylation is 3. The van der Waals surface area contributed by atoms with E-state index in [0.29, 0.717) is 0 Å². The van der Waals surface area contributed by atoms with Crippen molar-refractivity contribution in [2.75, 3.05) is 0 Å². The van der Waals surface area contributed by atoms with Gasteiger partial charge in [0.1, 0.15) is 0 Å². The van der Waals surface area contributed by atoms with Gasteiger partial charge in [0.25, 0.3) is 0 Å². The molecule has 0 aromatic heterocycles. The van der Waals surface area contributed by atoms with Crippen LogP contribution in [0.5, 0.6) is 0 Å². The number of hydrogen-bond acceptors (Lipinski definition) is 0. The van der Waals surface area contributed by atoms with Gasteiger partial charge in [-0.15, -0.1) is 0 Å². The molecule has 2 aromatic rings. The molecular weight excluding hydrogens is 180 g/mol. The summed E-state index contributed by atoms with van der Waals surface area (Å²) in [6, 6.07) is 11.5. The van der Waals surface area contributed by atoms with Crippen molar-refractivity contribution in [1.82, 2.24) is 0 Å². The smallest absolute Gasteiger partial charge is 0.0117 e. The summed E-state index contributed by atoms with van der Waals surface area (Å²) in [6.45, 7) is 2.25. The average molecular weight is 196 g/mol. The number of rotatable bonds is 2. The lowest BCUT2D eigenvalue weighted by molar-refractivity contribution is 0.929. The van der Waals surface area contributed by atoms with Crippen molar-refractivity contribution < 1.29 is 0 Å². The maximum absolute atomic E-state index is 2.34. The highest BCUT2D eigenvalue weighted by atomic mass is 14.2. The van der Waals surface area contributed by atoms with Crippen LogP contribution in [0.3, 0.4) is 0 Å². The molecule has 0 bridgehead atoms. The molecule has 0 saturated heterocycles. The van der Waals surface area contributed by atoms with E-state index in [0.717, 1.165) is 0 Å². The van der Waals surface area contributed by atoms with Crippen LogP contribution >= 0.6 is 0 Å². The number of benzene rings is 2. The van der Waals surface area contributed by atoms with Gasteiger partial charge in [-0.2, -0.15) is 0 Å². The second kappa shape index (κ2) is 3.37. The van der Waals surface area contributed by atoms with Crippen LogP contribution < -0.4 is 0 Å². The Kier molecular flexibility index (Phi) is 2.02. The topological polar surface area (TPSA) is 0 Å². The Balaban J connectivity index is 2.33. The molecule has 0 aliphatic heterocycles. The van der Waals surface area contributed by atoms with Gasteiger partial charge in [0, 0.05) is 0 Å². The van der Waals surface area contributed by atoms with Gasteiger partial charge in [0.2, 0.25) is 0 Å². The molecular formula is C15H16. The lowest BCUT2D eigenvalue weighted by Gasteiger charge is -2.07. The van der Waals surface area contributed by atoms with Gasteiger partial charge in [-0.05, 0) is 46.7 Å². The lowest BCUT2D eigenvalue weighted by atomic mass is 9.97. The minimum absolute atomic E-state index is 1.21. The quantitative estimate of drug-likeness (QED) is 0.683. The van der Waals surface area contributed by atoms with Crippen molar-refractivity contribution in [3.05, 3.63) is 47.0 Å². The fraction of sp³-hybridized carbons (Fsp3) is 0.333. The molecule has 0 heteroatoms. The summed E-state index contributed by atoms with van der Waals surface area (Å²) in [5.41, 5.74) is 4.64. The minimum atomic E-state index is 1.21. The summed E-state index contributed by atoms with van der Waals surface area (Å²) in [6.07, 6.45) is 4.92. The van der Waals surface area contributed by atoms with Gasteiger partial charge in [-0.1, -0.05) is 43.7 Å². The largest absolute Gasteiger partial charge is 0.0651 e. The van der Waals surface area contributed by atoms with Crippen molar-refractivity contribution in [1.29, 1.82) is 0 Å². The Morgan fingerprint density at radius 2 is 1.80 bits per heavy atom. The zero-order valence-electron chi connectivity index (χ0n) is 9.22. The van der Waals surface area contributed by atoms with Gasteiger partial charge >= 0.3 is 0 Å². The van der Waals surface area contributed by atoms with Crippen LogP contribution in [0.15, 0.2) is 30.3 Å². The van der Waals surface area contributed by atoms with Crippen LogP contribution in [-0.4, -0.2) is 0 Å². The second-order valence-corrected chi connectivity index (χ2v) is 4.47. The molecule has 2 aromatic carbocycles. The molecule has 0 unspecified atom stereocenters. The number of hydrogen-bond donors (Lipinski definition) is 0. The molecule has 1 aliphatic rings. The van der Waals surface area contributed by atoms with E-state index in [1.165, 1.54) is 36.6 Å². The van der Waals surface area contributed by atoms with Crippen LogP contribution in [0.1, 0.15) is 30.0 Å². The van der Waals surface area contributed by atoms with E-state index in [1.807, 2.05) is 0 Å². The maximum Gasteiger partial charge on any atom is -0.0117 e. The first-order chi connectivity index (χ1) is 7.40. The SMILES string of the molecule is CCCc1ccc2c3c(cccc13)CC2. The van der Waals surface area contributed by atoms with Crippen LogP contribution in [0, 0.1) is 0 Å². The molecule has 0 amide bonds. The molecule has 0 nitrogen and oxygen atoms in total. The van der Waals surface area contributed by atoms with Crippen molar-refractivity contribution in [2.24, 2.45) is 0 Å². The monoisotopic (exact) mass is 196 g/mol. The summed E-state index contributed by atoms with van der Waals surface area (Å²) in [5.74, 6) is 0. The Hall–Kier alpha value is -1.30. The highest BCUT2D eigenvalue weighted by Gasteiger charge is 2.14. The molecule has 0 saturated carbocycles. The van der Waals surface area contributed by atoms with E-state index >= 15 is 0 Å². The summed E-state index contributed by atoms with van der Waals surface area (Å²) in [7, 11) is 0. The maximum atomic E-state index is 2.34. The molecule has 0 heterocycles. The third kappa shape index (κ3) is 1.28. The van der Waals surface area contributed by atoms with Gasteiger partial charge < -0.3 is 0 Å². The van der Waals surface area contributed by atoms with E-state index < -0.39 is 0 Å². The fourth-order valence-corrected chi connectivity index (χ4v) is 2.79. The van der Waals surface area contributed by atoms with Crippen LogP contribution in [0.4, 0.5) is 0 Å². The molecule has 1 aliphatic carbocycles. The van der Waals surface area contributed by atoms with E-state index in [9.17, 15) is 0 Å². The minimum Gasteiger partial charge on any atom is -0.0651 e. The molecule has 0 atom stereocenters. The van der Waals surface area contributed by atoms with Crippen LogP contribution in [-0.2, 0) is 19.3 Å². The lowest BCUT2D eigenvalue weighted by Crippen LogP contribution is -1.88. The predicted octanol–water partition coefficient (Wildman–Crippen LogP) is 3.89. The van der Waals surface area contributed by atoms with Gasteiger partial charge in [-0.25, -0.2) is 0 Å². The van der Waals surface area contributed by atoms with E-state index in [2.05, 4.69) is 37.3 Å². The van der Waals surface area contributed by atoms with Crippen molar-refractivity contribution in [3.63, 3.8) is 0 Å². The van der Waals surface area contributed by atoms with Crippen molar-refractivity contribution in [3.8, 4) is 0 Å². The molecule has 0 fully saturated rings. The van der Waals surface area contributed by atoms with Gasteiger partial charge in [0.15, 0.2) is 0 Å². The average Bonchev–Trinajstić information content (AvgIpc) is 2.68. The van der Waals surface area contributed by atoms with Crippen LogP contribution in [0.2, 0.25) is 0 Å². The van der Waals surface area contributed by atoms with E-state index in [-0.39, 0.29) is 0 Å². The summed E-state index contributed by atoms with van der Waals surface area (Å²) >= 11 is 0. The van der Waals surface area contributed by atoms with Crippen molar-refractivity contribution in [2.45, 2.75) is 32.6 Å².